The van der Waals surface area contributed by atoms with Gasteiger partial charge in [0, 0.05) is 24.5 Å². The van der Waals surface area contributed by atoms with Crippen molar-refractivity contribution in [1.29, 1.82) is 0 Å². The molecular formula is C20H26N4O3. The molecule has 27 heavy (non-hydrogen) atoms. The zero-order chi connectivity index (χ0) is 18.9. The first-order chi connectivity index (χ1) is 13.1. The first-order valence-electron chi connectivity index (χ1n) is 9.86. The number of piperidine rings is 1. The number of amides is 4. The molecule has 4 rings (SSSR count). The summed E-state index contributed by atoms with van der Waals surface area (Å²) in [5.41, 5.74) is 1.06. The Morgan fingerprint density at radius 3 is 2.33 bits per heavy atom. The van der Waals surface area contributed by atoms with Crippen LogP contribution in [-0.4, -0.2) is 47.9 Å². The number of carbonyl (C=O) groups excluding carboxylic acids is 3. The van der Waals surface area contributed by atoms with E-state index < -0.39 is 11.6 Å². The van der Waals surface area contributed by atoms with E-state index in [9.17, 15) is 14.4 Å². The van der Waals surface area contributed by atoms with Crippen molar-refractivity contribution in [2.45, 2.75) is 50.5 Å². The number of rotatable bonds is 4. The molecule has 1 aliphatic carbocycles. The van der Waals surface area contributed by atoms with Crippen LogP contribution in [0.4, 0.5) is 16.2 Å². The van der Waals surface area contributed by atoms with Crippen LogP contribution in [0.25, 0.3) is 0 Å². The smallest absolute Gasteiger partial charge is 0.325 e. The van der Waals surface area contributed by atoms with Gasteiger partial charge >= 0.3 is 6.03 Å². The lowest BCUT2D eigenvalue weighted by Gasteiger charge is -2.28. The molecule has 1 saturated carbocycles. The summed E-state index contributed by atoms with van der Waals surface area (Å²) in [7, 11) is 0. The van der Waals surface area contributed by atoms with E-state index in [2.05, 4.69) is 15.5 Å². The van der Waals surface area contributed by atoms with Crippen LogP contribution < -0.4 is 15.5 Å². The van der Waals surface area contributed by atoms with E-state index in [0.717, 1.165) is 36.5 Å². The molecule has 0 radical (unpaired) electrons. The normalized spacial score (nSPS) is 21.6. The quantitative estimate of drug-likeness (QED) is 0.798. The van der Waals surface area contributed by atoms with Gasteiger partial charge < -0.3 is 15.5 Å². The second-order valence-electron chi connectivity index (χ2n) is 7.75. The number of hydrogen-bond acceptors (Lipinski definition) is 4. The van der Waals surface area contributed by atoms with Gasteiger partial charge in [-0.2, -0.15) is 0 Å². The minimum absolute atomic E-state index is 0.250. The molecule has 3 aliphatic rings. The topological polar surface area (TPSA) is 81.8 Å². The Morgan fingerprint density at radius 1 is 1.00 bits per heavy atom. The van der Waals surface area contributed by atoms with Crippen LogP contribution in [0.2, 0.25) is 0 Å². The minimum Gasteiger partial charge on any atom is -0.372 e. The maximum absolute atomic E-state index is 12.6. The molecule has 2 heterocycles. The molecule has 2 saturated heterocycles. The Kier molecular flexibility index (Phi) is 4.76. The van der Waals surface area contributed by atoms with Gasteiger partial charge in [0.25, 0.3) is 5.91 Å². The molecule has 144 valence electrons. The van der Waals surface area contributed by atoms with Crippen LogP contribution in [0, 0.1) is 0 Å². The number of nitrogens with one attached hydrogen (secondary N) is 2. The summed E-state index contributed by atoms with van der Waals surface area (Å²) < 4.78 is 0. The van der Waals surface area contributed by atoms with E-state index in [4.69, 9.17) is 0 Å². The molecule has 0 aromatic heterocycles. The molecule has 0 atom stereocenters. The summed E-state index contributed by atoms with van der Waals surface area (Å²) >= 11 is 0. The number of hydrogen-bond donors (Lipinski definition) is 2. The highest BCUT2D eigenvalue weighted by molar-refractivity contribution is 6.10. The molecule has 3 fully saturated rings. The molecule has 0 bridgehead atoms. The lowest BCUT2D eigenvalue weighted by molar-refractivity contribution is -0.133. The molecule has 4 amide bonds. The van der Waals surface area contributed by atoms with Crippen molar-refractivity contribution in [3.05, 3.63) is 24.3 Å². The van der Waals surface area contributed by atoms with Gasteiger partial charge in [-0.1, -0.05) is 12.8 Å². The molecule has 7 heteroatoms. The van der Waals surface area contributed by atoms with E-state index in [1.54, 1.807) is 0 Å². The number of urea groups is 1. The van der Waals surface area contributed by atoms with Crippen molar-refractivity contribution in [2.24, 2.45) is 0 Å². The van der Waals surface area contributed by atoms with Gasteiger partial charge in [0.2, 0.25) is 5.91 Å². The summed E-state index contributed by atoms with van der Waals surface area (Å²) in [6.07, 6.45) is 6.89. The average molecular weight is 370 g/mol. The lowest BCUT2D eigenvalue weighted by atomic mass is 9.98. The molecule has 2 N–H and O–H groups in total. The highest BCUT2D eigenvalue weighted by atomic mass is 16.2. The van der Waals surface area contributed by atoms with E-state index in [1.807, 2.05) is 24.3 Å². The van der Waals surface area contributed by atoms with Gasteiger partial charge in [0.05, 0.1) is 0 Å². The summed E-state index contributed by atoms with van der Waals surface area (Å²) in [6, 6.07) is 7.28. The van der Waals surface area contributed by atoms with Gasteiger partial charge in [-0.05, 0) is 56.4 Å². The van der Waals surface area contributed by atoms with E-state index in [0.29, 0.717) is 18.5 Å². The first-order valence-corrected chi connectivity index (χ1v) is 9.86. The Labute approximate surface area is 159 Å². The fourth-order valence-corrected chi connectivity index (χ4v) is 4.39. The third-order valence-electron chi connectivity index (χ3n) is 5.88. The van der Waals surface area contributed by atoms with Crippen LogP contribution in [0.3, 0.4) is 0 Å². The van der Waals surface area contributed by atoms with Gasteiger partial charge in [-0.3, -0.25) is 14.5 Å². The van der Waals surface area contributed by atoms with Crippen molar-refractivity contribution >= 4 is 29.2 Å². The Balaban J connectivity index is 1.35. The summed E-state index contributed by atoms with van der Waals surface area (Å²) in [5, 5.41) is 5.58. The maximum atomic E-state index is 12.6. The monoisotopic (exact) mass is 370 g/mol. The third kappa shape index (κ3) is 3.50. The Hall–Kier alpha value is -2.57. The van der Waals surface area contributed by atoms with Crippen LogP contribution in [0.5, 0.6) is 0 Å². The third-order valence-corrected chi connectivity index (χ3v) is 5.88. The Bertz CT molecular complexity index is 734. The molecule has 2 aliphatic heterocycles. The van der Waals surface area contributed by atoms with Crippen molar-refractivity contribution < 1.29 is 14.4 Å². The average Bonchev–Trinajstić information content (AvgIpc) is 3.24. The number of imide groups is 1. The lowest BCUT2D eigenvalue weighted by Crippen LogP contribution is -2.44. The minimum atomic E-state index is -0.770. The number of anilines is 2. The van der Waals surface area contributed by atoms with Gasteiger partial charge in [0.15, 0.2) is 0 Å². The van der Waals surface area contributed by atoms with Crippen molar-refractivity contribution in [2.75, 3.05) is 29.9 Å². The maximum Gasteiger partial charge on any atom is 0.325 e. The van der Waals surface area contributed by atoms with Gasteiger partial charge in [-0.25, -0.2) is 4.79 Å². The summed E-state index contributed by atoms with van der Waals surface area (Å²) in [6.45, 7) is 1.89. The van der Waals surface area contributed by atoms with E-state index >= 15 is 0 Å². The molecule has 1 aromatic rings. The zero-order valence-electron chi connectivity index (χ0n) is 15.5. The molecule has 1 spiro atoms. The second kappa shape index (κ2) is 7.21. The van der Waals surface area contributed by atoms with E-state index in [-0.39, 0.29) is 18.4 Å². The highest BCUT2D eigenvalue weighted by Gasteiger charge is 2.52. The Morgan fingerprint density at radius 2 is 1.67 bits per heavy atom. The van der Waals surface area contributed by atoms with Crippen molar-refractivity contribution in [3.8, 4) is 0 Å². The predicted octanol–water partition coefficient (Wildman–Crippen LogP) is 2.48. The standard InChI is InChI=1S/C20H26N4O3/c25-17(14-24-18(26)20(22-19(24)27)10-2-3-11-20)21-15-6-8-16(9-7-15)23-12-4-1-5-13-23/h6-9H,1-5,10-14H2,(H,21,25)(H,22,27). The summed E-state index contributed by atoms with van der Waals surface area (Å²) in [4.78, 5) is 40.5. The summed E-state index contributed by atoms with van der Waals surface area (Å²) in [5.74, 6) is -0.625. The van der Waals surface area contributed by atoms with Crippen LogP contribution in [0.15, 0.2) is 24.3 Å². The largest absolute Gasteiger partial charge is 0.372 e. The molecule has 0 unspecified atom stereocenters. The molecular weight excluding hydrogens is 344 g/mol. The fourth-order valence-electron chi connectivity index (χ4n) is 4.39. The molecule has 7 nitrogen and oxygen atoms in total. The number of carbonyl (C=O) groups is 3. The van der Waals surface area contributed by atoms with Crippen molar-refractivity contribution in [1.82, 2.24) is 10.2 Å². The first kappa shape index (κ1) is 17.8. The SMILES string of the molecule is O=C(CN1C(=O)NC2(CCCC2)C1=O)Nc1ccc(N2CCCCC2)cc1. The predicted molar refractivity (Wildman–Crippen MR) is 103 cm³/mol. The van der Waals surface area contributed by atoms with Crippen LogP contribution >= 0.6 is 0 Å². The molecule has 1 aromatic carbocycles. The van der Waals surface area contributed by atoms with E-state index in [1.165, 1.54) is 19.3 Å². The van der Waals surface area contributed by atoms with Gasteiger partial charge in [0.1, 0.15) is 12.1 Å². The number of nitrogens with zero attached hydrogens (tertiary/aromatic N) is 2. The fraction of sp³-hybridized carbons (Fsp3) is 0.550. The number of benzene rings is 1. The van der Waals surface area contributed by atoms with Gasteiger partial charge in [-0.15, -0.1) is 0 Å². The van der Waals surface area contributed by atoms with Crippen molar-refractivity contribution in [3.63, 3.8) is 0 Å². The zero-order valence-corrected chi connectivity index (χ0v) is 15.5. The highest BCUT2D eigenvalue weighted by Crippen LogP contribution is 2.35. The van der Waals surface area contributed by atoms with Crippen LogP contribution in [0.1, 0.15) is 44.9 Å². The van der Waals surface area contributed by atoms with Crippen LogP contribution in [-0.2, 0) is 9.59 Å². The second-order valence-corrected chi connectivity index (χ2v) is 7.75.